The van der Waals surface area contributed by atoms with E-state index in [9.17, 15) is 10.1 Å². The second kappa shape index (κ2) is 7.09. The maximum atomic E-state index is 12.3. The molecule has 1 atom stereocenters. The second-order valence-electron chi connectivity index (χ2n) is 5.59. The fourth-order valence-electron chi connectivity index (χ4n) is 2.66. The van der Waals surface area contributed by atoms with E-state index < -0.39 is 0 Å². The third-order valence-electron chi connectivity index (χ3n) is 3.97. The Kier molecular flexibility index (Phi) is 5.17. The Hall–Kier alpha value is -1.82. The molecular formula is C17H22N2O. The van der Waals surface area contributed by atoms with Crippen molar-refractivity contribution in [1.29, 1.82) is 5.26 Å². The molecule has 1 amide bonds. The van der Waals surface area contributed by atoms with Crippen LogP contribution in [-0.2, 0) is 4.79 Å². The van der Waals surface area contributed by atoms with Crippen molar-refractivity contribution in [2.45, 2.75) is 44.9 Å². The van der Waals surface area contributed by atoms with Gasteiger partial charge in [0.1, 0.15) is 0 Å². The molecule has 1 heterocycles. The van der Waals surface area contributed by atoms with Gasteiger partial charge in [0, 0.05) is 19.5 Å². The van der Waals surface area contributed by atoms with Crippen LogP contribution >= 0.6 is 0 Å². The first kappa shape index (κ1) is 14.6. The van der Waals surface area contributed by atoms with Gasteiger partial charge in [-0.15, -0.1) is 0 Å². The van der Waals surface area contributed by atoms with Crippen molar-refractivity contribution in [1.82, 2.24) is 4.90 Å². The SMILES string of the molecule is Cc1ccc(C(C#N)CC(=O)N2CCCCCC2)cc1. The lowest BCUT2D eigenvalue weighted by Crippen LogP contribution is -2.32. The van der Waals surface area contributed by atoms with Gasteiger partial charge in [0.2, 0.25) is 5.91 Å². The number of rotatable bonds is 3. The summed E-state index contributed by atoms with van der Waals surface area (Å²) in [5.74, 6) is -0.203. The maximum absolute atomic E-state index is 12.3. The van der Waals surface area contributed by atoms with E-state index >= 15 is 0 Å². The molecule has 2 rings (SSSR count). The van der Waals surface area contributed by atoms with Crippen LogP contribution in [0, 0.1) is 18.3 Å². The van der Waals surface area contributed by atoms with E-state index in [1.54, 1.807) is 0 Å². The predicted octanol–water partition coefficient (Wildman–Crippen LogP) is 3.39. The number of aryl methyl sites for hydroxylation is 1. The number of benzene rings is 1. The van der Waals surface area contributed by atoms with Crippen LogP contribution in [0.5, 0.6) is 0 Å². The molecule has 1 aliphatic rings. The molecule has 1 fully saturated rings. The highest BCUT2D eigenvalue weighted by Crippen LogP contribution is 2.21. The standard InChI is InChI=1S/C17H22N2O/c1-14-6-8-15(9-7-14)16(13-18)12-17(20)19-10-4-2-3-5-11-19/h6-9,16H,2-5,10-12H2,1H3. The van der Waals surface area contributed by atoms with Gasteiger partial charge in [-0.25, -0.2) is 0 Å². The number of amides is 1. The van der Waals surface area contributed by atoms with Crippen LogP contribution in [0.1, 0.15) is 49.1 Å². The van der Waals surface area contributed by atoms with Gasteiger partial charge >= 0.3 is 0 Å². The number of nitrogens with zero attached hydrogens (tertiary/aromatic N) is 2. The van der Waals surface area contributed by atoms with E-state index in [1.807, 2.05) is 36.1 Å². The largest absolute Gasteiger partial charge is 0.343 e. The van der Waals surface area contributed by atoms with E-state index in [0.29, 0.717) is 6.42 Å². The molecule has 1 aromatic carbocycles. The summed E-state index contributed by atoms with van der Waals surface area (Å²) in [6.45, 7) is 3.73. The molecule has 1 aromatic rings. The highest BCUT2D eigenvalue weighted by Gasteiger charge is 2.21. The number of carbonyl (C=O) groups is 1. The van der Waals surface area contributed by atoms with Crippen LogP contribution in [0.3, 0.4) is 0 Å². The zero-order chi connectivity index (χ0) is 14.4. The first-order valence-electron chi connectivity index (χ1n) is 7.44. The van der Waals surface area contributed by atoms with Crippen LogP contribution in [0.4, 0.5) is 0 Å². The Balaban J connectivity index is 2.00. The number of nitriles is 1. The summed E-state index contributed by atoms with van der Waals surface area (Å²) in [4.78, 5) is 14.3. The zero-order valence-corrected chi connectivity index (χ0v) is 12.1. The van der Waals surface area contributed by atoms with Crippen LogP contribution in [0.15, 0.2) is 24.3 Å². The first-order valence-corrected chi connectivity index (χ1v) is 7.44. The Bertz CT molecular complexity index is 479. The minimum atomic E-state index is -0.327. The zero-order valence-electron chi connectivity index (χ0n) is 12.1. The number of hydrogen-bond acceptors (Lipinski definition) is 2. The van der Waals surface area contributed by atoms with Crippen molar-refractivity contribution in [3.8, 4) is 6.07 Å². The smallest absolute Gasteiger partial charge is 0.224 e. The van der Waals surface area contributed by atoms with Gasteiger partial charge in [0.05, 0.1) is 12.0 Å². The summed E-state index contributed by atoms with van der Waals surface area (Å²) in [5, 5.41) is 9.33. The average molecular weight is 270 g/mol. The van der Waals surface area contributed by atoms with Crippen molar-refractivity contribution in [2.24, 2.45) is 0 Å². The van der Waals surface area contributed by atoms with Crippen molar-refractivity contribution in [2.75, 3.05) is 13.1 Å². The number of hydrogen-bond donors (Lipinski definition) is 0. The molecule has 0 N–H and O–H groups in total. The van der Waals surface area contributed by atoms with Gasteiger partial charge in [-0.3, -0.25) is 4.79 Å². The monoisotopic (exact) mass is 270 g/mol. The van der Waals surface area contributed by atoms with E-state index in [2.05, 4.69) is 6.07 Å². The Morgan fingerprint density at radius 3 is 2.35 bits per heavy atom. The summed E-state index contributed by atoms with van der Waals surface area (Å²) < 4.78 is 0. The van der Waals surface area contributed by atoms with Crippen LogP contribution < -0.4 is 0 Å². The summed E-state index contributed by atoms with van der Waals surface area (Å²) in [7, 11) is 0. The van der Waals surface area contributed by atoms with Gasteiger partial charge in [0.25, 0.3) is 0 Å². The lowest BCUT2D eigenvalue weighted by Gasteiger charge is -2.21. The highest BCUT2D eigenvalue weighted by atomic mass is 16.2. The molecule has 0 spiro atoms. The van der Waals surface area contributed by atoms with Gasteiger partial charge in [-0.05, 0) is 25.3 Å². The van der Waals surface area contributed by atoms with Crippen LogP contribution in [0.25, 0.3) is 0 Å². The minimum Gasteiger partial charge on any atom is -0.343 e. The first-order chi connectivity index (χ1) is 9.70. The molecule has 3 heteroatoms. The molecule has 0 bridgehead atoms. The van der Waals surface area contributed by atoms with Gasteiger partial charge in [-0.2, -0.15) is 5.26 Å². The fourth-order valence-corrected chi connectivity index (χ4v) is 2.66. The topological polar surface area (TPSA) is 44.1 Å². The molecule has 0 aliphatic carbocycles. The minimum absolute atomic E-state index is 0.124. The Morgan fingerprint density at radius 2 is 1.80 bits per heavy atom. The van der Waals surface area contributed by atoms with Gasteiger partial charge < -0.3 is 4.90 Å². The van der Waals surface area contributed by atoms with Gasteiger partial charge in [-0.1, -0.05) is 42.7 Å². The fraction of sp³-hybridized carbons (Fsp3) is 0.529. The predicted molar refractivity (Wildman–Crippen MR) is 79.2 cm³/mol. The molecule has 0 aromatic heterocycles. The quantitative estimate of drug-likeness (QED) is 0.845. The van der Waals surface area contributed by atoms with Crippen molar-refractivity contribution in [3.05, 3.63) is 35.4 Å². The molecular weight excluding hydrogens is 248 g/mol. The van der Waals surface area contributed by atoms with Crippen LogP contribution in [0.2, 0.25) is 0 Å². The van der Waals surface area contributed by atoms with Gasteiger partial charge in [0.15, 0.2) is 0 Å². The molecule has 0 radical (unpaired) electrons. The lowest BCUT2D eigenvalue weighted by molar-refractivity contribution is -0.131. The number of carbonyl (C=O) groups excluding carboxylic acids is 1. The number of likely N-dealkylation sites (tertiary alicyclic amines) is 1. The third kappa shape index (κ3) is 3.84. The molecule has 1 unspecified atom stereocenters. The molecule has 106 valence electrons. The normalized spacial score (nSPS) is 17.1. The maximum Gasteiger partial charge on any atom is 0.224 e. The van der Waals surface area contributed by atoms with Crippen molar-refractivity contribution < 1.29 is 4.79 Å². The van der Waals surface area contributed by atoms with Crippen molar-refractivity contribution >= 4 is 5.91 Å². The molecule has 1 aliphatic heterocycles. The lowest BCUT2D eigenvalue weighted by atomic mass is 9.96. The molecule has 20 heavy (non-hydrogen) atoms. The van der Waals surface area contributed by atoms with Crippen molar-refractivity contribution in [3.63, 3.8) is 0 Å². The summed E-state index contributed by atoms with van der Waals surface area (Å²) in [6, 6.07) is 10.2. The van der Waals surface area contributed by atoms with E-state index in [1.165, 1.54) is 18.4 Å². The average Bonchev–Trinajstić information content (AvgIpc) is 2.75. The Labute approximate surface area is 121 Å². The van der Waals surface area contributed by atoms with Crippen LogP contribution in [-0.4, -0.2) is 23.9 Å². The second-order valence-corrected chi connectivity index (χ2v) is 5.59. The van der Waals surface area contributed by atoms with E-state index in [0.717, 1.165) is 31.5 Å². The van der Waals surface area contributed by atoms with E-state index in [4.69, 9.17) is 0 Å². The third-order valence-corrected chi connectivity index (χ3v) is 3.97. The summed E-state index contributed by atoms with van der Waals surface area (Å²) >= 11 is 0. The molecule has 3 nitrogen and oxygen atoms in total. The molecule has 0 saturated carbocycles. The van der Waals surface area contributed by atoms with E-state index in [-0.39, 0.29) is 11.8 Å². The highest BCUT2D eigenvalue weighted by molar-refractivity contribution is 5.77. The summed E-state index contributed by atoms with van der Waals surface area (Å²) in [5.41, 5.74) is 2.12. The molecule has 1 saturated heterocycles. The Morgan fingerprint density at radius 1 is 1.20 bits per heavy atom. The summed E-state index contributed by atoms with van der Waals surface area (Å²) in [6.07, 6.45) is 4.91.